The molecule has 0 saturated heterocycles. The van der Waals surface area contributed by atoms with E-state index in [1.807, 2.05) is 30.3 Å². The van der Waals surface area contributed by atoms with Crippen molar-refractivity contribution < 1.29 is 9.59 Å². The van der Waals surface area contributed by atoms with Crippen molar-refractivity contribution in [2.45, 2.75) is 13.1 Å². The molecule has 3 aromatic carbocycles. The largest absolute Gasteiger partial charge is 0.278 e. The summed E-state index contributed by atoms with van der Waals surface area (Å²) in [6, 6.07) is 23.0. The quantitative estimate of drug-likeness (QED) is 0.341. The smallest absolute Gasteiger partial charge is 0.271 e. The van der Waals surface area contributed by atoms with Crippen LogP contribution in [0.5, 0.6) is 0 Å². The molecular formula is C24H19N9O3. The van der Waals surface area contributed by atoms with E-state index in [1.54, 1.807) is 48.5 Å². The predicted octanol–water partition coefficient (Wildman–Crippen LogP) is 0.954. The Hall–Kier alpha value is -5.26. The number of nitrogens with zero attached hydrogens (tertiary/aromatic N) is 7. The zero-order valence-corrected chi connectivity index (χ0v) is 18.8. The van der Waals surface area contributed by atoms with Crippen molar-refractivity contribution >= 4 is 22.7 Å². The molecule has 0 bridgehead atoms. The number of hydrogen-bond acceptors (Lipinski definition) is 8. The van der Waals surface area contributed by atoms with E-state index in [2.05, 4.69) is 36.6 Å². The van der Waals surface area contributed by atoms with Crippen molar-refractivity contribution in [3.05, 3.63) is 100 Å². The summed E-state index contributed by atoms with van der Waals surface area (Å²) in [5, 5.41) is 20.5. The van der Waals surface area contributed by atoms with Crippen LogP contribution in [0.4, 0.5) is 0 Å². The van der Waals surface area contributed by atoms with E-state index in [9.17, 15) is 14.4 Å². The molecule has 12 nitrogen and oxygen atoms in total. The standard InChI is InChI=1S/C24H19N9O3/c34-21(15-32-24(36)19-8-4-5-9-20(19)25-30-32)26-28-23(35)18-12-10-16(11-13-18)14-33-29-22(27-31-33)17-6-2-1-3-7-17/h1-13H,14-15H2,(H,26,34)(H,28,35). The molecule has 5 rings (SSSR count). The summed E-state index contributed by atoms with van der Waals surface area (Å²) in [5.74, 6) is -0.616. The van der Waals surface area contributed by atoms with Gasteiger partial charge in [0, 0.05) is 11.1 Å². The van der Waals surface area contributed by atoms with Gasteiger partial charge in [0.05, 0.1) is 11.9 Å². The molecule has 0 aliphatic heterocycles. The van der Waals surface area contributed by atoms with E-state index in [1.165, 1.54) is 4.80 Å². The number of amides is 2. The molecule has 0 atom stereocenters. The molecule has 2 amide bonds. The number of rotatable bonds is 6. The molecule has 0 radical (unpaired) electrons. The van der Waals surface area contributed by atoms with Crippen LogP contribution in [0.15, 0.2) is 83.7 Å². The molecule has 36 heavy (non-hydrogen) atoms. The lowest BCUT2D eigenvalue weighted by atomic mass is 10.1. The van der Waals surface area contributed by atoms with Crippen molar-refractivity contribution in [3.8, 4) is 11.4 Å². The lowest BCUT2D eigenvalue weighted by Crippen LogP contribution is -2.44. The summed E-state index contributed by atoms with van der Waals surface area (Å²) in [7, 11) is 0. The number of aromatic nitrogens is 7. The average Bonchev–Trinajstić information content (AvgIpc) is 3.38. The molecule has 0 unspecified atom stereocenters. The van der Waals surface area contributed by atoms with Gasteiger partial charge in [0.1, 0.15) is 12.1 Å². The van der Waals surface area contributed by atoms with E-state index in [4.69, 9.17) is 0 Å². The van der Waals surface area contributed by atoms with Crippen LogP contribution in [-0.4, -0.2) is 47.0 Å². The Morgan fingerprint density at radius 2 is 1.56 bits per heavy atom. The first-order chi connectivity index (χ1) is 17.6. The summed E-state index contributed by atoms with van der Waals surface area (Å²) < 4.78 is 0.931. The van der Waals surface area contributed by atoms with Crippen molar-refractivity contribution in [3.63, 3.8) is 0 Å². The lowest BCUT2D eigenvalue weighted by molar-refractivity contribution is -0.122. The molecule has 2 N–H and O–H groups in total. The van der Waals surface area contributed by atoms with Gasteiger partial charge in [-0.3, -0.25) is 25.2 Å². The third-order valence-electron chi connectivity index (χ3n) is 5.26. The van der Waals surface area contributed by atoms with Crippen LogP contribution >= 0.6 is 0 Å². The van der Waals surface area contributed by atoms with E-state index in [0.29, 0.717) is 28.8 Å². The second kappa shape index (κ2) is 9.93. The minimum absolute atomic E-state index is 0.332. The maximum absolute atomic E-state index is 12.4. The van der Waals surface area contributed by atoms with Gasteiger partial charge in [0.2, 0.25) is 5.82 Å². The third-order valence-corrected chi connectivity index (χ3v) is 5.26. The molecule has 0 saturated carbocycles. The number of hydrazine groups is 1. The fraction of sp³-hybridized carbons (Fsp3) is 0.0833. The number of tetrazole rings is 1. The molecule has 5 aromatic rings. The van der Waals surface area contributed by atoms with Crippen molar-refractivity contribution in [1.82, 2.24) is 46.1 Å². The second-order valence-corrected chi connectivity index (χ2v) is 7.78. The van der Waals surface area contributed by atoms with Crippen LogP contribution in [0, 0.1) is 0 Å². The first-order valence-electron chi connectivity index (χ1n) is 10.9. The fourth-order valence-corrected chi connectivity index (χ4v) is 3.44. The Morgan fingerprint density at radius 1 is 0.806 bits per heavy atom. The number of carbonyl (C=O) groups excluding carboxylic acids is 2. The zero-order chi connectivity index (χ0) is 24.9. The highest BCUT2D eigenvalue weighted by molar-refractivity contribution is 5.95. The van der Waals surface area contributed by atoms with Gasteiger partial charge in [-0.1, -0.05) is 59.8 Å². The molecule has 2 aromatic heterocycles. The predicted molar refractivity (Wildman–Crippen MR) is 128 cm³/mol. The number of fused-ring (bicyclic) bond motifs is 1. The normalized spacial score (nSPS) is 10.8. The molecular weight excluding hydrogens is 462 g/mol. The Bertz CT molecular complexity index is 1600. The summed E-state index contributed by atoms with van der Waals surface area (Å²) in [6.07, 6.45) is 0. The highest BCUT2D eigenvalue weighted by Crippen LogP contribution is 2.12. The molecule has 0 aliphatic rings. The Labute approximate surface area is 203 Å². The summed E-state index contributed by atoms with van der Waals surface area (Å²) in [6.45, 7) is -0.0220. The van der Waals surface area contributed by atoms with Gasteiger partial charge in [0.15, 0.2) is 0 Å². The van der Waals surface area contributed by atoms with E-state index >= 15 is 0 Å². The molecule has 0 fully saturated rings. The molecule has 178 valence electrons. The fourth-order valence-electron chi connectivity index (χ4n) is 3.44. The van der Waals surface area contributed by atoms with E-state index in [0.717, 1.165) is 15.8 Å². The van der Waals surface area contributed by atoms with Gasteiger partial charge < -0.3 is 0 Å². The Kier molecular flexibility index (Phi) is 6.21. The van der Waals surface area contributed by atoms with Crippen LogP contribution in [0.2, 0.25) is 0 Å². The van der Waals surface area contributed by atoms with Crippen LogP contribution in [0.1, 0.15) is 15.9 Å². The van der Waals surface area contributed by atoms with Crippen LogP contribution < -0.4 is 16.4 Å². The summed E-state index contributed by atoms with van der Waals surface area (Å²) in [5.41, 5.74) is 6.66. The van der Waals surface area contributed by atoms with Gasteiger partial charge in [-0.05, 0) is 35.0 Å². The third kappa shape index (κ3) is 4.97. The van der Waals surface area contributed by atoms with Crippen molar-refractivity contribution in [2.75, 3.05) is 0 Å². The maximum Gasteiger partial charge on any atom is 0.278 e. The highest BCUT2D eigenvalue weighted by Gasteiger charge is 2.12. The van der Waals surface area contributed by atoms with Crippen molar-refractivity contribution in [2.24, 2.45) is 0 Å². The summed E-state index contributed by atoms with van der Waals surface area (Å²) >= 11 is 0. The van der Waals surface area contributed by atoms with Gasteiger partial charge in [-0.15, -0.1) is 15.3 Å². The maximum atomic E-state index is 12.4. The number of benzene rings is 3. The van der Waals surface area contributed by atoms with E-state index < -0.39 is 23.9 Å². The number of carbonyl (C=O) groups is 2. The molecule has 0 spiro atoms. The van der Waals surface area contributed by atoms with Gasteiger partial charge >= 0.3 is 0 Å². The van der Waals surface area contributed by atoms with Gasteiger partial charge in [-0.2, -0.15) is 4.80 Å². The topological polar surface area (TPSA) is 150 Å². The number of nitrogens with one attached hydrogen (secondary N) is 2. The van der Waals surface area contributed by atoms with Crippen LogP contribution in [-0.2, 0) is 17.9 Å². The summed E-state index contributed by atoms with van der Waals surface area (Å²) in [4.78, 5) is 38.5. The molecule has 0 aliphatic carbocycles. The zero-order valence-electron chi connectivity index (χ0n) is 18.8. The lowest BCUT2D eigenvalue weighted by Gasteiger charge is -2.09. The van der Waals surface area contributed by atoms with Crippen LogP contribution in [0.25, 0.3) is 22.3 Å². The molecule has 12 heteroatoms. The Morgan fingerprint density at radius 3 is 2.36 bits per heavy atom. The highest BCUT2D eigenvalue weighted by atomic mass is 16.2. The second-order valence-electron chi connectivity index (χ2n) is 7.78. The van der Waals surface area contributed by atoms with Crippen molar-refractivity contribution in [1.29, 1.82) is 0 Å². The first-order valence-corrected chi connectivity index (χ1v) is 10.9. The average molecular weight is 481 g/mol. The monoisotopic (exact) mass is 481 g/mol. The van der Waals surface area contributed by atoms with E-state index in [-0.39, 0.29) is 0 Å². The minimum atomic E-state index is -0.627. The number of hydrogen-bond donors (Lipinski definition) is 2. The first kappa shape index (κ1) is 22.5. The van der Waals surface area contributed by atoms with Gasteiger partial charge in [0.25, 0.3) is 17.4 Å². The SMILES string of the molecule is O=C(Cn1nnc2ccccc2c1=O)NNC(=O)c1ccc(Cn2nnc(-c3ccccc3)n2)cc1. The minimum Gasteiger partial charge on any atom is -0.271 e. The van der Waals surface area contributed by atoms with Gasteiger partial charge in [-0.25, -0.2) is 4.68 Å². The molecule has 2 heterocycles. The van der Waals surface area contributed by atoms with Crippen LogP contribution in [0.3, 0.4) is 0 Å². The Balaban J connectivity index is 1.16.